The number of benzene rings is 1. The van der Waals surface area contributed by atoms with Gasteiger partial charge in [-0.15, -0.1) is 0 Å². The van der Waals surface area contributed by atoms with Gasteiger partial charge < -0.3 is 10.1 Å². The van der Waals surface area contributed by atoms with E-state index in [1.54, 1.807) is 30.4 Å². The van der Waals surface area contributed by atoms with Gasteiger partial charge in [0, 0.05) is 12.6 Å². The maximum Gasteiger partial charge on any atom is 0.129 e. The first-order valence-electron chi connectivity index (χ1n) is 6.36. The normalized spacial score (nSPS) is 10.6. The molecular weight excluding hydrogens is 261 g/mol. The van der Waals surface area contributed by atoms with Crippen LogP contribution in [-0.2, 0) is 6.42 Å². The second-order valence-corrected chi connectivity index (χ2v) is 5.17. The molecule has 1 N–H and O–H groups in total. The molecule has 0 amide bonds. The number of hydrogen-bond donors (Lipinski definition) is 1. The van der Waals surface area contributed by atoms with Gasteiger partial charge in [-0.25, -0.2) is 4.39 Å². The smallest absolute Gasteiger partial charge is 0.129 e. The second-order valence-electron chi connectivity index (χ2n) is 4.39. The number of aryl methyl sites for hydroxylation is 1. The molecule has 0 spiro atoms. The Hall–Kier alpha value is -1.39. The lowest BCUT2D eigenvalue weighted by Gasteiger charge is -2.08. The molecule has 102 valence electrons. The summed E-state index contributed by atoms with van der Waals surface area (Å²) < 4.78 is 18.8. The Morgan fingerprint density at radius 1 is 1.26 bits per heavy atom. The van der Waals surface area contributed by atoms with Crippen LogP contribution in [0.3, 0.4) is 0 Å². The van der Waals surface area contributed by atoms with Gasteiger partial charge in [-0.2, -0.15) is 11.3 Å². The zero-order valence-corrected chi connectivity index (χ0v) is 11.8. The SMILES string of the molecule is Cc1ccc(OCCNCCc2ccsc2)cc1F. The monoisotopic (exact) mass is 279 g/mol. The first-order valence-corrected chi connectivity index (χ1v) is 7.31. The van der Waals surface area contributed by atoms with Crippen molar-refractivity contribution in [3.05, 3.63) is 52.0 Å². The van der Waals surface area contributed by atoms with Gasteiger partial charge in [0.15, 0.2) is 0 Å². The Kier molecular flexibility index (Phi) is 5.36. The molecule has 2 rings (SSSR count). The average molecular weight is 279 g/mol. The summed E-state index contributed by atoms with van der Waals surface area (Å²) in [5, 5.41) is 7.55. The highest BCUT2D eigenvalue weighted by Crippen LogP contribution is 2.15. The van der Waals surface area contributed by atoms with E-state index in [1.165, 1.54) is 11.6 Å². The summed E-state index contributed by atoms with van der Waals surface area (Å²) >= 11 is 1.72. The molecular formula is C15H18FNOS. The molecule has 0 saturated carbocycles. The molecule has 0 saturated heterocycles. The summed E-state index contributed by atoms with van der Waals surface area (Å²) in [5.74, 6) is 0.366. The van der Waals surface area contributed by atoms with E-state index in [1.807, 2.05) is 0 Å². The summed E-state index contributed by atoms with van der Waals surface area (Å²) in [6.45, 7) is 3.99. The lowest BCUT2D eigenvalue weighted by molar-refractivity contribution is 0.313. The van der Waals surface area contributed by atoms with E-state index in [0.29, 0.717) is 17.9 Å². The van der Waals surface area contributed by atoms with Crippen LogP contribution in [0.2, 0.25) is 0 Å². The number of ether oxygens (including phenoxy) is 1. The molecule has 0 radical (unpaired) electrons. The third-order valence-electron chi connectivity index (χ3n) is 2.86. The van der Waals surface area contributed by atoms with Crippen molar-refractivity contribution < 1.29 is 9.13 Å². The topological polar surface area (TPSA) is 21.3 Å². The predicted molar refractivity (Wildman–Crippen MR) is 77.5 cm³/mol. The molecule has 1 heterocycles. The summed E-state index contributed by atoms with van der Waals surface area (Å²) in [6.07, 6.45) is 1.03. The van der Waals surface area contributed by atoms with E-state index in [0.717, 1.165) is 19.5 Å². The number of halogens is 1. The predicted octanol–water partition coefficient (Wildman–Crippen LogP) is 3.41. The van der Waals surface area contributed by atoms with Crippen molar-refractivity contribution in [2.45, 2.75) is 13.3 Å². The maximum absolute atomic E-state index is 13.3. The lowest BCUT2D eigenvalue weighted by Crippen LogP contribution is -2.23. The third-order valence-corrected chi connectivity index (χ3v) is 3.59. The minimum atomic E-state index is -0.220. The van der Waals surface area contributed by atoms with Crippen LogP contribution in [0.15, 0.2) is 35.0 Å². The van der Waals surface area contributed by atoms with Crippen molar-refractivity contribution in [1.82, 2.24) is 5.32 Å². The van der Waals surface area contributed by atoms with E-state index in [4.69, 9.17) is 4.74 Å². The fourth-order valence-electron chi connectivity index (χ4n) is 1.70. The van der Waals surface area contributed by atoms with Crippen molar-refractivity contribution in [3.63, 3.8) is 0 Å². The number of nitrogens with one attached hydrogen (secondary N) is 1. The quantitative estimate of drug-likeness (QED) is 0.784. The zero-order chi connectivity index (χ0) is 13.5. The van der Waals surface area contributed by atoms with Crippen molar-refractivity contribution >= 4 is 11.3 Å². The molecule has 2 nitrogen and oxygen atoms in total. The molecule has 0 fully saturated rings. The molecule has 0 aliphatic heterocycles. The fourth-order valence-corrected chi connectivity index (χ4v) is 2.40. The van der Waals surface area contributed by atoms with Crippen LogP contribution in [0.1, 0.15) is 11.1 Å². The van der Waals surface area contributed by atoms with Crippen LogP contribution in [-0.4, -0.2) is 19.7 Å². The van der Waals surface area contributed by atoms with Crippen molar-refractivity contribution in [2.24, 2.45) is 0 Å². The van der Waals surface area contributed by atoms with Crippen LogP contribution in [0.4, 0.5) is 4.39 Å². The van der Waals surface area contributed by atoms with Crippen molar-refractivity contribution in [2.75, 3.05) is 19.7 Å². The molecule has 1 aromatic carbocycles. The number of thiophene rings is 1. The number of hydrogen-bond acceptors (Lipinski definition) is 3. The van der Waals surface area contributed by atoms with Crippen LogP contribution in [0.5, 0.6) is 5.75 Å². The Morgan fingerprint density at radius 2 is 2.16 bits per heavy atom. The minimum Gasteiger partial charge on any atom is -0.492 e. The van der Waals surface area contributed by atoms with E-state index < -0.39 is 0 Å². The minimum absolute atomic E-state index is 0.220. The highest BCUT2D eigenvalue weighted by molar-refractivity contribution is 7.07. The van der Waals surface area contributed by atoms with Crippen LogP contribution in [0.25, 0.3) is 0 Å². The molecule has 0 atom stereocenters. The van der Waals surface area contributed by atoms with Gasteiger partial charge in [0.25, 0.3) is 0 Å². The maximum atomic E-state index is 13.3. The molecule has 0 aliphatic carbocycles. The lowest BCUT2D eigenvalue weighted by atomic mass is 10.2. The molecule has 0 aliphatic rings. The van der Waals surface area contributed by atoms with Gasteiger partial charge in [-0.3, -0.25) is 0 Å². The fraction of sp³-hybridized carbons (Fsp3) is 0.333. The third kappa shape index (κ3) is 4.65. The van der Waals surface area contributed by atoms with Crippen molar-refractivity contribution in [3.8, 4) is 5.75 Å². The van der Waals surface area contributed by atoms with E-state index in [2.05, 4.69) is 22.1 Å². The van der Waals surface area contributed by atoms with Gasteiger partial charge >= 0.3 is 0 Å². The molecule has 4 heteroatoms. The summed E-state index contributed by atoms with van der Waals surface area (Å²) in [6, 6.07) is 7.09. The summed E-state index contributed by atoms with van der Waals surface area (Å²) in [7, 11) is 0. The van der Waals surface area contributed by atoms with Crippen LogP contribution in [0, 0.1) is 12.7 Å². The average Bonchev–Trinajstić information content (AvgIpc) is 2.91. The number of rotatable bonds is 7. The summed E-state index contributed by atoms with van der Waals surface area (Å²) in [4.78, 5) is 0. The van der Waals surface area contributed by atoms with Gasteiger partial charge in [0.2, 0.25) is 0 Å². The second kappa shape index (κ2) is 7.26. The first-order chi connectivity index (χ1) is 9.25. The van der Waals surface area contributed by atoms with Crippen LogP contribution >= 0.6 is 11.3 Å². The largest absolute Gasteiger partial charge is 0.492 e. The Labute approximate surface area is 117 Å². The highest BCUT2D eigenvalue weighted by atomic mass is 32.1. The van der Waals surface area contributed by atoms with Gasteiger partial charge in [0.05, 0.1) is 0 Å². The van der Waals surface area contributed by atoms with E-state index >= 15 is 0 Å². The zero-order valence-electron chi connectivity index (χ0n) is 11.0. The standard InChI is InChI=1S/C15H18FNOS/c1-12-2-3-14(10-15(12)16)18-8-7-17-6-4-13-5-9-19-11-13/h2-3,5,9-11,17H,4,6-8H2,1H3. The molecule has 0 bridgehead atoms. The Balaban J connectivity index is 1.60. The molecule has 19 heavy (non-hydrogen) atoms. The molecule has 1 aromatic heterocycles. The molecule has 0 unspecified atom stereocenters. The van der Waals surface area contributed by atoms with Gasteiger partial charge in [-0.05, 0) is 53.9 Å². The van der Waals surface area contributed by atoms with E-state index in [9.17, 15) is 4.39 Å². The van der Waals surface area contributed by atoms with E-state index in [-0.39, 0.29) is 5.82 Å². The van der Waals surface area contributed by atoms with Crippen LogP contribution < -0.4 is 10.1 Å². The van der Waals surface area contributed by atoms with Gasteiger partial charge in [0.1, 0.15) is 18.2 Å². The summed E-state index contributed by atoms with van der Waals surface area (Å²) in [5.41, 5.74) is 2.00. The molecule has 2 aromatic rings. The highest BCUT2D eigenvalue weighted by Gasteiger charge is 2.00. The Bertz CT molecular complexity index is 499. The van der Waals surface area contributed by atoms with Gasteiger partial charge in [-0.1, -0.05) is 6.07 Å². The Morgan fingerprint density at radius 3 is 2.89 bits per heavy atom. The van der Waals surface area contributed by atoms with Crippen molar-refractivity contribution in [1.29, 1.82) is 0 Å². The first kappa shape index (κ1) is 14.0.